The van der Waals surface area contributed by atoms with Crippen molar-refractivity contribution in [3.05, 3.63) is 0 Å². The fourth-order valence-electron chi connectivity index (χ4n) is 2.37. The Morgan fingerprint density at radius 3 is 2.11 bits per heavy atom. The Kier molecular flexibility index (Phi) is 9.02. The van der Waals surface area contributed by atoms with Gasteiger partial charge in [0, 0.05) is 26.1 Å². The number of nitrogens with two attached hydrogens (primary N) is 1. The minimum atomic E-state index is 0.0830. The molecule has 0 aliphatic carbocycles. The van der Waals surface area contributed by atoms with Crippen LogP contribution in [0.3, 0.4) is 0 Å². The lowest BCUT2D eigenvalue weighted by Gasteiger charge is -2.31. The number of nitrogens with zero attached hydrogens (tertiary/aromatic N) is 1. The molecule has 0 heterocycles. The van der Waals surface area contributed by atoms with Gasteiger partial charge in [-0.2, -0.15) is 0 Å². The average Bonchev–Trinajstić information content (AvgIpc) is 2.28. The van der Waals surface area contributed by atoms with Crippen molar-refractivity contribution in [2.45, 2.75) is 34.1 Å². The van der Waals surface area contributed by atoms with Crippen molar-refractivity contribution in [2.75, 3.05) is 33.4 Å². The number of carbonyl (C=O) groups is 1. The summed E-state index contributed by atoms with van der Waals surface area (Å²) in [6.07, 6.45) is 0.846. The lowest BCUT2D eigenvalue weighted by molar-refractivity contribution is -0.139. The zero-order valence-corrected chi connectivity index (χ0v) is 12.6. The minimum Gasteiger partial charge on any atom is -0.383 e. The minimum absolute atomic E-state index is 0.0830. The van der Waals surface area contributed by atoms with Crippen molar-refractivity contribution in [2.24, 2.45) is 23.5 Å². The zero-order valence-electron chi connectivity index (χ0n) is 12.6. The van der Waals surface area contributed by atoms with Crippen LogP contribution in [0, 0.1) is 17.8 Å². The molecular weight excluding hydrogens is 228 g/mol. The highest BCUT2D eigenvalue weighted by atomic mass is 16.5. The quantitative estimate of drug-likeness (QED) is 0.685. The van der Waals surface area contributed by atoms with E-state index in [4.69, 9.17) is 10.5 Å². The summed E-state index contributed by atoms with van der Waals surface area (Å²) in [5.74, 6) is 1.05. The molecule has 0 aromatic rings. The van der Waals surface area contributed by atoms with E-state index in [0.29, 0.717) is 31.5 Å². The molecule has 0 unspecified atom stereocenters. The monoisotopic (exact) mass is 258 g/mol. The zero-order chi connectivity index (χ0) is 14.1. The Labute approximate surface area is 112 Å². The van der Waals surface area contributed by atoms with Crippen LogP contribution in [0.15, 0.2) is 0 Å². The Bertz CT molecular complexity index is 214. The molecule has 0 aromatic heterocycles. The molecule has 0 fully saturated rings. The second kappa shape index (κ2) is 9.34. The van der Waals surface area contributed by atoms with E-state index in [2.05, 4.69) is 27.7 Å². The molecule has 0 bridgehead atoms. The first-order chi connectivity index (χ1) is 8.45. The summed E-state index contributed by atoms with van der Waals surface area (Å²) in [5, 5.41) is 0. The van der Waals surface area contributed by atoms with Gasteiger partial charge in [-0.05, 0) is 24.8 Å². The molecule has 0 aliphatic heterocycles. The summed E-state index contributed by atoms with van der Waals surface area (Å²) in [4.78, 5) is 14.5. The van der Waals surface area contributed by atoms with E-state index in [9.17, 15) is 4.79 Å². The fraction of sp³-hybridized carbons (Fsp3) is 0.929. The maximum Gasteiger partial charge on any atom is 0.226 e. The normalized spacial score (nSPS) is 11.6. The molecule has 0 aliphatic rings. The number of hydrogen-bond donors (Lipinski definition) is 1. The summed E-state index contributed by atoms with van der Waals surface area (Å²) < 4.78 is 5.08. The van der Waals surface area contributed by atoms with Gasteiger partial charge in [-0.15, -0.1) is 0 Å². The van der Waals surface area contributed by atoms with Crippen LogP contribution < -0.4 is 5.73 Å². The third kappa shape index (κ3) is 5.83. The van der Waals surface area contributed by atoms with Crippen molar-refractivity contribution < 1.29 is 9.53 Å². The van der Waals surface area contributed by atoms with E-state index < -0.39 is 0 Å². The van der Waals surface area contributed by atoms with Gasteiger partial charge < -0.3 is 15.4 Å². The van der Waals surface area contributed by atoms with Gasteiger partial charge in [0.15, 0.2) is 0 Å². The van der Waals surface area contributed by atoms with Crippen LogP contribution in [-0.2, 0) is 9.53 Å². The molecule has 108 valence electrons. The highest BCUT2D eigenvalue weighted by Crippen LogP contribution is 2.23. The lowest BCUT2D eigenvalue weighted by Crippen LogP contribution is -2.42. The summed E-state index contributed by atoms with van der Waals surface area (Å²) >= 11 is 0. The van der Waals surface area contributed by atoms with E-state index in [1.807, 2.05) is 4.90 Å². The van der Waals surface area contributed by atoms with Gasteiger partial charge in [-0.3, -0.25) is 4.79 Å². The molecule has 0 atom stereocenters. The summed E-state index contributed by atoms with van der Waals surface area (Å²) in [5.41, 5.74) is 5.53. The standard InChI is InChI=1S/C14H30N2O2/c1-11(2)13(12(3)4)14(17)16(8-6-7-15)9-10-18-5/h11-13H,6-10,15H2,1-5H3. The number of hydrogen-bond acceptors (Lipinski definition) is 3. The molecular formula is C14H30N2O2. The highest BCUT2D eigenvalue weighted by molar-refractivity contribution is 5.79. The van der Waals surface area contributed by atoms with Gasteiger partial charge in [0.2, 0.25) is 5.91 Å². The summed E-state index contributed by atoms with van der Waals surface area (Å²) in [7, 11) is 1.66. The SMILES string of the molecule is COCCN(CCCN)C(=O)C(C(C)C)C(C)C. The van der Waals surface area contributed by atoms with Crippen molar-refractivity contribution in [1.29, 1.82) is 0 Å². The maximum atomic E-state index is 12.6. The molecule has 4 heteroatoms. The maximum absolute atomic E-state index is 12.6. The Hall–Kier alpha value is -0.610. The van der Waals surface area contributed by atoms with Gasteiger partial charge in [-0.25, -0.2) is 0 Å². The van der Waals surface area contributed by atoms with Gasteiger partial charge in [0.05, 0.1) is 6.61 Å². The Morgan fingerprint density at radius 2 is 1.72 bits per heavy atom. The topological polar surface area (TPSA) is 55.6 Å². The number of carbonyl (C=O) groups excluding carboxylic acids is 1. The number of ether oxygens (including phenoxy) is 1. The molecule has 0 spiro atoms. The third-order valence-corrected chi connectivity index (χ3v) is 3.23. The van der Waals surface area contributed by atoms with Crippen molar-refractivity contribution >= 4 is 5.91 Å². The van der Waals surface area contributed by atoms with E-state index >= 15 is 0 Å². The lowest BCUT2D eigenvalue weighted by atomic mass is 9.84. The molecule has 1 amide bonds. The van der Waals surface area contributed by atoms with Gasteiger partial charge in [0.1, 0.15) is 0 Å². The Morgan fingerprint density at radius 1 is 1.17 bits per heavy atom. The molecule has 0 aromatic carbocycles. The number of rotatable bonds is 9. The van der Waals surface area contributed by atoms with Crippen molar-refractivity contribution in [3.63, 3.8) is 0 Å². The molecule has 0 rings (SSSR count). The summed E-state index contributed by atoms with van der Waals surface area (Å²) in [6, 6.07) is 0. The van der Waals surface area contributed by atoms with E-state index in [1.54, 1.807) is 7.11 Å². The second-order valence-electron chi connectivity index (χ2n) is 5.47. The molecule has 0 saturated heterocycles. The first-order valence-electron chi connectivity index (χ1n) is 6.93. The van der Waals surface area contributed by atoms with Gasteiger partial charge in [-0.1, -0.05) is 27.7 Å². The van der Waals surface area contributed by atoms with Crippen molar-refractivity contribution in [1.82, 2.24) is 4.90 Å². The fourth-order valence-corrected chi connectivity index (χ4v) is 2.37. The average molecular weight is 258 g/mol. The predicted molar refractivity (Wildman–Crippen MR) is 75.3 cm³/mol. The molecule has 0 radical (unpaired) electrons. The third-order valence-electron chi connectivity index (χ3n) is 3.23. The smallest absolute Gasteiger partial charge is 0.226 e. The van der Waals surface area contributed by atoms with E-state index in [-0.39, 0.29) is 11.8 Å². The molecule has 0 saturated carbocycles. The Balaban J connectivity index is 4.67. The van der Waals surface area contributed by atoms with Crippen molar-refractivity contribution in [3.8, 4) is 0 Å². The molecule has 18 heavy (non-hydrogen) atoms. The number of methoxy groups -OCH3 is 1. The first kappa shape index (κ1) is 17.4. The largest absolute Gasteiger partial charge is 0.383 e. The van der Waals surface area contributed by atoms with E-state index in [0.717, 1.165) is 13.0 Å². The van der Waals surface area contributed by atoms with Crippen LogP contribution >= 0.6 is 0 Å². The first-order valence-corrected chi connectivity index (χ1v) is 6.93. The second-order valence-corrected chi connectivity index (χ2v) is 5.47. The van der Waals surface area contributed by atoms with Gasteiger partial charge >= 0.3 is 0 Å². The molecule has 2 N–H and O–H groups in total. The summed E-state index contributed by atoms with van der Waals surface area (Å²) in [6.45, 7) is 11.0. The predicted octanol–water partition coefficient (Wildman–Crippen LogP) is 1.74. The van der Waals surface area contributed by atoms with Crippen LogP contribution in [0.5, 0.6) is 0 Å². The van der Waals surface area contributed by atoms with Crippen LogP contribution in [0.1, 0.15) is 34.1 Å². The van der Waals surface area contributed by atoms with Crippen LogP contribution in [-0.4, -0.2) is 44.2 Å². The van der Waals surface area contributed by atoms with Crippen LogP contribution in [0.4, 0.5) is 0 Å². The van der Waals surface area contributed by atoms with Crippen LogP contribution in [0.25, 0.3) is 0 Å². The van der Waals surface area contributed by atoms with Crippen LogP contribution in [0.2, 0.25) is 0 Å². The number of amides is 1. The highest BCUT2D eigenvalue weighted by Gasteiger charge is 2.29. The van der Waals surface area contributed by atoms with Gasteiger partial charge in [0.25, 0.3) is 0 Å². The van der Waals surface area contributed by atoms with E-state index in [1.165, 1.54) is 0 Å². The molecule has 4 nitrogen and oxygen atoms in total.